The highest BCUT2D eigenvalue weighted by Crippen LogP contribution is 2.23. The van der Waals surface area contributed by atoms with E-state index in [0.717, 1.165) is 25.3 Å². The molecule has 0 aromatic rings. The van der Waals surface area contributed by atoms with Crippen LogP contribution >= 0.6 is 0 Å². The monoisotopic (exact) mass is 252 g/mol. The zero-order chi connectivity index (χ0) is 13.0. The molecular formula is C15H28N2O. The summed E-state index contributed by atoms with van der Waals surface area (Å²) in [6.45, 7) is 5.49. The number of hydrogen-bond donors (Lipinski definition) is 2. The summed E-state index contributed by atoms with van der Waals surface area (Å²) < 4.78 is 0. The Morgan fingerprint density at radius 2 is 1.94 bits per heavy atom. The lowest BCUT2D eigenvalue weighted by Crippen LogP contribution is -2.45. The molecule has 1 amide bonds. The zero-order valence-electron chi connectivity index (χ0n) is 11.9. The average Bonchev–Trinajstić information content (AvgIpc) is 2.54. The van der Waals surface area contributed by atoms with E-state index in [9.17, 15) is 4.79 Å². The van der Waals surface area contributed by atoms with Crippen LogP contribution in [-0.4, -0.2) is 24.5 Å². The number of hydrogen-bond acceptors (Lipinski definition) is 2. The van der Waals surface area contributed by atoms with Gasteiger partial charge in [0.05, 0.1) is 0 Å². The third kappa shape index (κ3) is 3.98. The molecule has 2 aliphatic rings. The van der Waals surface area contributed by atoms with Gasteiger partial charge in [-0.1, -0.05) is 19.8 Å². The molecule has 18 heavy (non-hydrogen) atoms. The van der Waals surface area contributed by atoms with Gasteiger partial charge in [-0.2, -0.15) is 0 Å². The first-order valence-electron chi connectivity index (χ1n) is 7.69. The van der Waals surface area contributed by atoms with E-state index in [1.54, 1.807) is 0 Å². The molecule has 2 fully saturated rings. The number of rotatable bonds is 2. The maximum atomic E-state index is 12.3. The number of nitrogens with one attached hydrogen (secondary N) is 2. The van der Waals surface area contributed by atoms with Gasteiger partial charge in [0.1, 0.15) is 0 Å². The molecule has 1 saturated heterocycles. The quantitative estimate of drug-likeness (QED) is 0.741. The van der Waals surface area contributed by atoms with Crippen LogP contribution in [0.4, 0.5) is 0 Å². The highest BCUT2D eigenvalue weighted by molar-refractivity contribution is 5.79. The molecule has 2 N–H and O–H groups in total. The van der Waals surface area contributed by atoms with Gasteiger partial charge in [0.2, 0.25) is 5.91 Å². The van der Waals surface area contributed by atoms with Crippen molar-refractivity contribution in [3.05, 3.63) is 0 Å². The number of piperidine rings is 1. The Labute approximate surface area is 111 Å². The molecule has 0 aromatic carbocycles. The minimum atomic E-state index is 0.238. The van der Waals surface area contributed by atoms with Gasteiger partial charge >= 0.3 is 0 Å². The summed E-state index contributed by atoms with van der Waals surface area (Å²) in [5.74, 6) is 1.38. The predicted octanol–water partition coefficient (Wildman–Crippen LogP) is 2.46. The largest absolute Gasteiger partial charge is 0.353 e. The number of carbonyl (C=O) groups excluding carboxylic acids is 1. The molecule has 4 unspecified atom stereocenters. The standard InChI is InChI=1S/C15H28N2O/c1-11-4-3-5-14(7-6-11)17-15(18)13-8-9-16-12(2)10-13/h11-14,16H,3-10H2,1-2H3,(H,17,18). The minimum absolute atomic E-state index is 0.238. The molecule has 1 aliphatic heterocycles. The highest BCUT2D eigenvalue weighted by atomic mass is 16.1. The molecule has 3 nitrogen and oxygen atoms in total. The fourth-order valence-electron chi connectivity index (χ4n) is 3.32. The molecule has 0 radical (unpaired) electrons. The Hall–Kier alpha value is -0.570. The summed E-state index contributed by atoms with van der Waals surface area (Å²) >= 11 is 0. The SMILES string of the molecule is CC1CCCC(NC(=O)C2CCNC(C)C2)CC1. The van der Waals surface area contributed by atoms with Crippen LogP contribution in [0, 0.1) is 11.8 Å². The average molecular weight is 252 g/mol. The normalized spacial score (nSPS) is 37.9. The van der Waals surface area contributed by atoms with Gasteiger partial charge in [-0.15, -0.1) is 0 Å². The van der Waals surface area contributed by atoms with Gasteiger partial charge in [-0.05, 0) is 51.5 Å². The van der Waals surface area contributed by atoms with Crippen molar-refractivity contribution in [2.45, 2.75) is 70.9 Å². The Morgan fingerprint density at radius 3 is 2.72 bits per heavy atom. The molecule has 2 rings (SSSR count). The van der Waals surface area contributed by atoms with Crippen molar-refractivity contribution in [3.63, 3.8) is 0 Å². The number of amides is 1. The molecular weight excluding hydrogens is 224 g/mol. The summed E-state index contributed by atoms with van der Waals surface area (Å²) in [5, 5.41) is 6.71. The van der Waals surface area contributed by atoms with Crippen LogP contribution in [0.25, 0.3) is 0 Å². The van der Waals surface area contributed by atoms with E-state index in [1.807, 2.05) is 0 Å². The maximum absolute atomic E-state index is 12.3. The Balaban J connectivity index is 1.79. The Kier molecular flexibility index (Phi) is 5.04. The van der Waals surface area contributed by atoms with Crippen molar-refractivity contribution in [2.75, 3.05) is 6.54 Å². The highest BCUT2D eigenvalue weighted by Gasteiger charge is 2.26. The van der Waals surface area contributed by atoms with Crippen LogP contribution in [0.15, 0.2) is 0 Å². The van der Waals surface area contributed by atoms with Crippen LogP contribution in [0.5, 0.6) is 0 Å². The Bertz CT molecular complexity index is 280. The first kappa shape index (κ1) is 13.9. The molecule has 4 atom stereocenters. The number of carbonyl (C=O) groups is 1. The summed E-state index contributed by atoms with van der Waals surface area (Å²) in [6.07, 6.45) is 8.22. The van der Waals surface area contributed by atoms with Crippen molar-refractivity contribution in [3.8, 4) is 0 Å². The van der Waals surface area contributed by atoms with Crippen molar-refractivity contribution < 1.29 is 4.79 Å². The molecule has 1 aliphatic carbocycles. The van der Waals surface area contributed by atoms with E-state index in [-0.39, 0.29) is 5.92 Å². The Morgan fingerprint density at radius 1 is 1.11 bits per heavy atom. The topological polar surface area (TPSA) is 41.1 Å². The summed E-state index contributed by atoms with van der Waals surface area (Å²) in [5.41, 5.74) is 0. The lowest BCUT2D eigenvalue weighted by atomic mass is 9.92. The molecule has 1 saturated carbocycles. The van der Waals surface area contributed by atoms with Crippen LogP contribution < -0.4 is 10.6 Å². The third-order valence-electron chi connectivity index (χ3n) is 4.60. The van der Waals surface area contributed by atoms with Crippen molar-refractivity contribution >= 4 is 5.91 Å². The van der Waals surface area contributed by atoms with Crippen molar-refractivity contribution in [1.29, 1.82) is 0 Å². The maximum Gasteiger partial charge on any atom is 0.223 e. The molecule has 3 heteroatoms. The second kappa shape index (κ2) is 6.55. The smallest absolute Gasteiger partial charge is 0.223 e. The molecule has 1 heterocycles. The molecule has 0 bridgehead atoms. The lowest BCUT2D eigenvalue weighted by Gasteiger charge is -2.28. The van der Waals surface area contributed by atoms with E-state index in [1.165, 1.54) is 32.1 Å². The first-order valence-corrected chi connectivity index (χ1v) is 7.69. The van der Waals surface area contributed by atoms with Crippen molar-refractivity contribution in [2.24, 2.45) is 11.8 Å². The van der Waals surface area contributed by atoms with E-state index in [0.29, 0.717) is 18.0 Å². The van der Waals surface area contributed by atoms with E-state index < -0.39 is 0 Å². The molecule has 0 spiro atoms. The van der Waals surface area contributed by atoms with Gasteiger partial charge in [0.25, 0.3) is 0 Å². The van der Waals surface area contributed by atoms with Crippen LogP contribution in [0.2, 0.25) is 0 Å². The van der Waals surface area contributed by atoms with E-state index >= 15 is 0 Å². The fourth-order valence-corrected chi connectivity index (χ4v) is 3.32. The third-order valence-corrected chi connectivity index (χ3v) is 4.60. The van der Waals surface area contributed by atoms with Gasteiger partial charge in [-0.3, -0.25) is 4.79 Å². The fraction of sp³-hybridized carbons (Fsp3) is 0.933. The molecule has 0 aromatic heterocycles. The van der Waals surface area contributed by atoms with Gasteiger partial charge in [0, 0.05) is 18.0 Å². The summed E-state index contributed by atoms with van der Waals surface area (Å²) in [7, 11) is 0. The van der Waals surface area contributed by atoms with E-state index in [2.05, 4.69) is 24.5 Å². The van der Waals surface area contributed by atoms with Crippen LogP contribution in [-0.2, 0) is 4.79 Å². The van der Waals surface area contributed by atoms with Crippen molar-refractivity contribution in [1.82, 2.24) is 10.6 Å². The lowest BCUT2D eigenvalue weighted by molar-refractivity contribution is -0.126. The van der Waals surface area contributed by atoms with Crippen LogP contribution in [0.3, 0.4) is 0 Å². The zero-order valence-corrected chi connectivity index (χ0v) is 11.9. The van der Waals surface area contributed by atoms with Gasteiger partial charge < -0.3 is 10.6 Å². The summed E-state index contributed by atoms with van der Waals surface area (Å²) in [4.78, 5) is 12.3. The predicted molar refractivity (Wildman–Crippen MR) is 74.4 cm³/mol. The van der Waals surface area contributed by atoms with Gasteiger partial charge in [0.15, 0.2) is 0 Å². The second-order valence-electron chi connectivity index (χ2n) is 6.40. The van der Waals surface area contributed by atoms with E-state index in [4.69, 9.17) is 0 Å². The van der Waals surface area contributed by atoms with Crippen LogP contribution in [0.1, 0.15) is 58.8 Å². The second-order valence-corrected chi connectivity index (χ2v) is 6.40. The molecule has 104 valence electrons. The summed E-state index contributed by atoms with van der Waals surface area (Å²) in [6, 6.07) is 0.927. The van der Waals surface area contributed by atoms with Gasteiger partial charge in [-0.25, -0.2) is 0 Å². The minimum Gasteiger partial charge on any atom is -0.353 e. The first-order chi connectivity index (χ1) is 8.65.